The minimum atomic E-state index is -0.384. The molecule has 5 heteroatoms. The Bertz CT molecular complexity index is 904. The highest BCUT2D eigenvalue weighted by atomic mass is 19.1. The van der Waals surface area contributed by atoms with Gasteiger partial charge in [-0.05, 0) is 12.1 Å². The van der Waals surface area contributed by atoms with Gasteiger partial charge >= 0.3 is 0 Å². The summed E-state index contributed by atoms with van der Waals surface area (Å²) in [5, 5.41) is 17.6. The van der Waals surface area contributed by atoms with Crippen molar-refractivity contribution in [1.29, 1.82) is 5.26 Å². The van der Waals surface area contributed by atoms with Gasteiger partial charge in [0.1, 0.15) is 11.9 Å². The molecule has 0 unspecified atom stereocenters. The van der Waals surface area contributed by atoms with Gasteiger partial charge in [0.15, 0.2) is 11.6 Å². The molecule has 0 radical (unpaired) electrons. The highest BCUT2D eigenvalue weighted by Gasteiger charge is 2.14. The molecule has 1 heterocycles. The summed E-state index contributed by atoms with van der Waals surface area (Å²) in [4.78, 5) is 0. The molecule has 0 atom stereocenters. The number of nitrogens with zero attached hydrogens (tertiary/aromatic N) is 4. The summed E-state index contributed by atoms with van der Waals surface area (Å²) in [6.45, 7) is 0. The first-order valence-electron chi connectivity index (χ1n) is 7.02. The van der Waals surface area contributed by atoms with Gasteiger partial charge in [-0.1, -0.05) is 48.5 Å². The van der Waals surface area contributed by atoms with E-state index in [1.165, 1.54) is 12.1 Å². The molecule has 0 amide bonds. The van der Waals surface area contributed by atoms with E-state index in [4.69, 9.17) is 0 Å². The minimum Gasteiger partial charge on any atom is -0.310 e. The van der Waals surface area contributed by atoms with Crippen LogP contribution < -0.4 is 0 Å². The van der Waals surface area contributed by atoms with E-state index in [0.717, 1.165) is 5.56 Å². The van der Waals surface area contributed by atoms with Crippen LogP contribution in [0.3, 0.4) is 0 Å². The van der Waals surface area contributed by atoms with Gasteiger partial charge in [-0.2, -0.15) is 5.26 Å². The van der Waals surface area contributed by atoms with Crippen LogP contribution in [0.25, 0.3) is 23.0 Å². The summed E-state index contributed by atoms with van der Waals surface area (Å²) in [6, 6.07) is 17.9. The van der Waals surface area contributed by atoms with Crippen molar-refractivity contribution in [2.45, 2.75) is 0 Å². The number of hydrogen-bond donors (Lipinski definition) is 0. The third-order valence-electron chi connectivity index (χ3n) is 3.47. The van der Waals surface area contributed by atoms with Crippen LogP contribution >= 0.6 is 0 Å². The van der Waals surface area contributed by atoms with Crippen LogP contribution in [0, 0.1) is 17.1 Å². The Morgan fingerprint density at radius 3 is 2.48 bits per heavy atom. The molecular weight excluding hydrogens is 291 g/mol. The first-order chi connectivity index (χ1) is 11.2. The molecule has 3 aromatic rings. The van der Waals surface area contributed by atoms with E-state index < -0.39 is 0 Å². The second kappa shape index (κ2) is 6.24. The molecule has 23 heavy (non-hydrogen) atoms. The molecule has 0 bridgehead atoms. The van der Waals surface area contributed by atoms with Crippen LogP contribution in [-0.4, -0.2) is 14.8 Å². The van der Waals surface area contributed by atoms with E-state index in [-0.39, 0.29) is 11.4 Å². The maximum absolute atomic E-state index is 13.8. The summed E-state index contributed by atoms with van der Waals surface area (Å²) in [6.07, 6.45) is 1.48. The number of aromatic nitrogens is 3. The molecule has 0 aliphatic rings. The van der Waals surface area contributed by atoms with Crippen LogP contribution in [0.1, 0.15) is 11.4 Å². The van der Waals surface area contributed by atoms with Gasteiger partial charge < -0.3 is 4.57 Å². The van der Waals surface area contributed by atoms with E-state index in [1.54, 1.807) is 29.8 Å². The predicted octanol–water partition coefficient (Wildman–Crippen LogP) is 3.69. The highest BCUT2D eigenvalue weighted by molar-refractivity contribution is 5.87. The molecule has 0 saturated carbocycles. The largest absolute Gasteiger partial charge is 0.310 e. The normalized spacial score (nSPS) is 11.3. The van der Waals surface area contributed by atoms with E-state index in [9.17, 15) is 9.65 Å². The first-order valence-corrected chi connectivity index (χ1v) is 7.02. The van der Waals surface area contributed by atoms with Gasteiger partial charge in [0, 0.05) is 18.2 Å². The smallest absolute Gasteiger partial charge is 0.174 e. The van der Waals surface area contributed by atoms with Crippen molar-refractivity contribution in [2.75, 3.05) is 0 Å². The Balaban J connectivity index is 2.06. The lowest BCUT2D eigenvalue weighted by Crippen LogP contribution is -1.98. The Labute approximate surface area is 133 Å². The van der Waals surface area contributed by atoms with Gasteiger partial charge in [-0.3, -0.25) is 0 Å². The molecule has 0 fully saturated rings. The lowest BCUT2D eigenvalue weighted by atomic mass is 10.1. The maximum atomic E-state index is 13.8. The lowest BCUT2D eigenvalue weighted by Gasteiger charge is -2.03. The summed E-state index contributed by atoms with van der Waals surface area (Å²) in [5.74, 6) is 0.663. The fourth-order valence-corrected chi connectivity index (χ4v) is 2.30. The molecule has 2 aromatic carbocycles. The highest BCUT2D eigenvalue weighted by Crippen LogP contribution is 2.22. The van der Waals surface area contributed by atoms with Crippen molar-refractivity contribution in [2.24, 2.45) is 7.05 Å². The zero-order chi connectivity index (χ0) is 16.2. The van der Waals surface area contributed by atoms with Gasteiger partial charge in [0.25, 0.3) is 0 Å². The monoisotopic (exact) mass is 304 g/mol. The number of allylic oxidation sites excluding steroid dienone is 1. The Hall–Kier alpha value is -3.26. The second-order valence-electron chi connectivity index (χ2n) is 4.96. The van der Waals surface area contributed by atoms with Crippen molar-refractivity contribution < 1.29 is 4.39 Å². The van der Waals surface area contributed by atoms with Gasteiger partial charge in [-0.25, -0.2) is 4.39 Å². The zero-order valence-electron chi connectivity index (χ0n) is 12.4. The Kier molecular flexibility index (Phi) is 3.98. The van der Waals surface area contributed by atoms with Crippen LogP contribution in [0.2, 0.25) is 0 Å². The molecule has 3 rings (SSSR count). The fourth-order valence-electron chi connectivity index (χ4n) is 2.30. The third kappa shape index (κ3) is 2.87. The number of hydrogen-bond acceptors (Lipinski definition) is 3. The quantitative estimate of drug-likeness (QED) is 0.693. The van der Waals surface area contributed by atoms with Gasteiger partial charge in [0.2, 0.25) is 0 Å². The lowest BCUT2D eigenvalue weighted by molar-refractivity contribution is 0.625. The Morgan fingerprint density at radius 1 is 1.09 bits per heavy atom. The SMILES string of the molecule is Cn1c(/C(C#N)=C\c2ccccc2F)nnc1-c1ccccc1. The van der Waals surface area contributed by atoms with E-state index in [1.807, 2.05) is 30.3 Å². The molecule has 1 aromatic heterocycles. The molecule has 0 N–H and O–H groups in total. The van der Waals surface area contributed by atoms with Crippen molar-refractivity contribution in [1.82, 2.24) is 14.8 Å². The van der Waals surface area contributed by atoms with E-state index in [2.05, 4.69) is 16.3 Å². The number of benzene rings is 2. The van der Waals surface area contributed by atoms with E-state index >= 15 is 0 Å². The fraction of sp³-hybridized carbons (Fsp3) is 0.0556. The second-order valence-corrected chi connectivity index (χ2v) is 4.96. The summed E-state index contributed by atoms with van der Waals surface area (Å²) < 4.78 is 15.5. The molecular formula is C18H13FN4. The topological polar surface area (TPSA) is 54.5 Å². The molecule has 4 nitrogen and oxygen atoms in total. The summed E-state index contributed by atoms with van der Waals surface area (Å²) in [5.41, 5.74) is 1.50. The molecule has 0 saturated heterocycles. The van der Waals surface area contributed by atoms with Crippen LogP contribution in [0.4, 0.5) is 4.39 Å². The van der Waals surface area contributed by atoms with Crippen molar-refractivity contribution in [3.8, 4) is 17.5 Å². The number of halogens is 1. The van der Waals surface area contributed by atoms with Gasteiger partial charge in [0.05, 0.1) is 5.57 Å². The van der Waals surface area contributed by atoms with Crippen molar-refractivity contribution in [3.63, 3.8) is 0 Å². The Morgan fingerprint density at radius 2 is 1.78 bits per heavy atom. The van der Waals surface area contributed by atoms with Crippen LogP contribution in [-0.2, 0) is 7.05 Å². The number of rotatable bonds is 3. The minimum absolute atomic E-state index is 0.257. The maximum Gasteiger partial charge on any atom is 0.174 e. The zero-order valence-corrected chi connectivity index (χ0v) is 12.4. The van der Waals surface area contributed by atoms with Crippen LogP contribution in [0.5, 0.6) is 0 Å². The average molecular weight is 304 g/mol. The number of nitriles is 1. The first kappa shape index (κ1) is 14.7. The van der Waals surface area contributed by atoms with Crippen molar-refractivity contribution in [3.05, 3.63) is 71.8 Å². The molecule has 0 aliphatic carbocycles. The standard InChI is InChI=1S/C18H13FN4/c1-23-17(13-7-3-2-4-8-13)21-22-18(23)15(12-20)11-14-9-5-6-10-16(14)19/h2-11H,1H3/b15-11-. The van der Waals surface area contributed by atoms with E-state index in [0.29, 0.717) is 17.2 Å². The summed E-state index contributed by atoms with van der Waals surface area (Å²) >= 11 is 0. The summed E-state index contributed by atoms with van der Waals surface area (Å²) in [7, 11) is 1.78. The molecule has 0 spiro atoms. The molecule has 112 valence electrons. The molecule has 0 aliphatic heterocycles. The van der Waals surface area contributed by atoms with Crippen molar-refractivity contribution >= 4 is 11.6 Å². The predicted molar refractivity (Wildman–Crippen MR) is 86.3 cm³/mol. The van der Waals surface area contributed by atoms with Crippen LogP contribution in [0.15, 0.2) is 54.6 Å². The average Bonchev–Trinajstić information content (AvgIpc) is 2.96. The van der Waals surface area contributed by atoms with Gasteiger partial charge in [-0.15, -0.1) is 10.2 Å². The third-order valence-corrected chi connectivity index (χ3v) is 3.47.